The molecule has 39 heavy (non-hydrogen) atoms. The molecule has 2 aromatic carbocycles. The highest BCUT2D eigenvalue weighted by Gasteiger charge is 2.46. The van der Waals surface area contributed by atoms with Crippen molar-refractivity contribution in [2.75, 3.05) is 25.5 Å². The van der Waals surface area contributed by atoms with E-state index in [0.29, 0.717) is 24.2 Å². The SMILES string of the molecule is COC1CCC(C(=O)N2CCC3(CC2)CC(CC(=O)Nc2cccc(-c4cnco4)c2)c2ccccc23)CC1. The van der Waals surface area contributed by atoms with Crippen LogP contribution in [0.25, 0.3) is 11.3 Å². The van der Waals surface area contributed by atoms with Gasteiger partial charge in [0, 0.05) is 43.8 Å². The van der Waals surface area contributed by atoms with Crippen LogP contribution in [-0.4, -0.2) is 48.0 Å². The first kappa shape index (κ1) is 25.8. The summed E-state index contributed by atoms with van der Waals surface area (Å²) in [4.78, 5) is 32.6. The van der Waals surface area contributed by atoms with Gasteiger partial charge in [-0.05, 0) is 79.5 Å². The maximum atomic E-state index is 13.3. The third kappa shape index (κ3) is 5.24. The molecule has 2 aliphatic carbocycles. The molecule has 3 aliphatic rings. The third-order valence-corrected chi connectivity index (χ3v) is 9.29. The molecule has 1 aliphatic heterocycles. The van der Waals surface area contributed by atoms with Crippen molar-refractivity contribution in [2.45, 2.75) is 68.8 Å². The molecule has 1 saturated carbocycles. The number of ether oxygens (including phenoxy) is 1. The fourth-order valence-electron chi connectivity index (χ4n) is 7.19. The second-order valence-corrected chi connectivity index (χ2v) is 11.5. The normalized spacial score (nSPS) is 23.9. The van der Waals surface area contributed by atoms with Crippen molar-refractivity contribution in [1.29, 1.82) is 0 Å². The molecule has 204 valence electrons. The van der Waals surface area contributed by atoms with Gasteiger partial charge in [-0.1, -0.05) is 36.4 Å². The highest BCUT2D eigenvalue weighted by atomic mass is 16.5. The molecule has 0 bridgehead atoms. The van der Waals surface area contributed by atoms with Crippen LogP contribution in [0.4, 0.5) is 5.69 Å². The van der Waals surface area contributed by atoms with Crippen LogP contribution in [-0.2, 0) is 19.7 Å². The Morgan fingerprint density at radius 3 is 2.62 bits per heavy atom. The quantitative estimate of drug-likeness (QED) is 0.430. The van der Waals surface area contributed by atoms with Crippen LogP contribution in [0.3, 0.4) is 0 Å². The smallest absolute Gasteiger partial charge is 0.225 e. The Kier molecular flexibility index (Phi) is 7.26. The molecule has 1 N–H and O–H groups in total. The summed E-state index contributed by atoms with van der Waals surface area (Å²) in [7, 11) is 1.77. The molecule has 1 atom stereocenters. The Morgan fingerprint density at radius 2 is 1.87 bits per heavy atom. The first-order valence-electron chi connectivity index (χ1n) is 14.2. The van der Waals surface area contributed by atoms with E-state index in [4.69, 9.17) is 9.15 Å². The Balaban J connectivity index is 1.10. The van der Waals surface area contributed by atoms with Gasteiger partial charge in [-0.2, -0.15) is 0 Å². The number of methoxy groups -OCH3 is 1. The van der Waals surface area contributed by atoms with Crippen molar-refractivity contribution in [3.05, 3.63) is 72.2 Å². The molecule has 2 fully saturated rings. The van der Waals surface area contributed by atoms with Crippen LogP contribution in [0.15, 0.2) is 65.5 Å². The summed E-state index contributed by atoms with van der Waals surface area (Å²) < 4.78 is 10.9. The number of aromatic nitrogens is 1. The zero-order chi connectivity index (χ0) is 26.8. The van der Waals surface area contributed by atoms with Crippen LogP contribution < -0.4 is 5.32 Å². The van der Waals surface area contributed by atoms with Gasteiger partial charge in [0.15, 0.2) is 12.2 Å². The number of nitrogens with one attached hydrogen (secondary N) is 1. The number of anilines is 1. The zero-order valence-electron chi connectivity index (χ0n) is 22.6. The highest BCUT2D eigenvalue weighted by Crippen LogP contribution is 2.53. The van der Waals surface area contributed by atoms with Crippen LogP contribution in [0.5, 0.6) is 0 Å². The zero-order valence-corrected chi connectivity index (χ0v) is 22.6. The minimum atomic E-state index is 0.0147. The topological polar surface area (TPSA) is 84.7 Å². The number of amides is 2. The number of piperidine rings is 1. The van der Waals surface area contributed by atoms with E-state index >= 15 is 0 Å². The van der Waals surface area contributed by atoms with E-state index in [1.54, 1.807) is 13.3 Å². The van der Waals surface area contributed by atoms with Crippen molar-refractivity contribution >= 4 is 17.5 Å². The summed E-state index contributed by atoms with van der Waals surface area (Å²) in [5, 5.41) is 3.10. The maximum absolute atomic E-state index is 13.3. The number of rotatable bonds is 6. The molecule has 1 unspecified atom stereocenters. The molecule has 1 saturated heterocycles. The predicted octanol–water partition coefficient (Wildman–Crippen LogP) is 5.92. The fourth-order valence-corrected chi connectivity index (χ4v) is 7.19. The van der Waals surface area contributed by atoms with Gasteiger partial charge in [-0.3, -0.25) is 9.59 Å². The van der Waals surface area contributed by atoms with E-state index in [-0.39, 0.29) is 23.2 Å². The van der Waals surface area contributed by atoms with Crippen molar-refractivity contribution in [2.24, 2.45) is 5.92 Å². The molecule has 2 amide bonds. The number of likely N-dealkylation sites (tertiary alicyclic amines) is 1. The van der Waals surface area contributed by atoms with E-state index in [9.17, 15) is 9.59 Å². The van der Waals surface area contributed by atoms with Crippen molar-refractivity contribution in [3.8, 4) is 11.3 Å². The second kappa shape index (κ2) is 11.0. The second-order valence-electron chi connectivity index (χ2n) is 11.5. The molecule has 1 aromatic heterocycles. The standard InChI is InChI=1S/C32H37N3O4/c1-38-26-11-9-22(10-12-26)31(37)35-15-13-32(14-16-35)19-24(27-7-2-3-8-28(27)32)18-30(36)34-25-6-4-5-23(17-25)29-20-33-21-39-29/h2-8,17,20-22,24,26H,9-16,18-19H2,1H3,(H,34,36). The highest BCUT2D eigenvalue weighted by molar-refractivity contribution is 5.92. The maximum Gasteiger partial charge on any atom is 0.225 e. The summed E-state index contributed by atoms with van der Waals surface area (Å²) in [5.41, 5.74) is 4.34. The summed E-state index contributed by atoms with van der Waals surface area (Å²) in [6, 6.07) is 16.3. The number of nitrogens with zero attached hydrogens (tertiary/aromatic N) is 2. The van der Waals surface area contributed by atoms with Crippen LogP contribution in [0.2, 0.25) is 0 Å². The van der Waals surface area contributed by atoms with E-state index in [1.807, 2.05) is 24.3 Å². The number of hydrogen-bond donors (Lipinski definition) is 1. The molecule has 0 radical (unpaired) electrons. The number of carbonyl (C=O) groups excluding carboxylic acids is 2. The summed E-state index contributed by atoms with van der Waals surface area (Å²) in [6.45, 7) is 1.59. The molecule has 7 heteroatoms. The Labute approximate surface area is 229 Å². The third-order valence-electron chi connectivity index (χ3n) is 9.29. The van der Waals surface area contributed by atoms with E-state index < -0.39 is 0 Å². The number of hydrogen-bond acceptors (Lipinski definition) is 5. The summed E-state index contributed by atoms with van der Waals surface area (Å²) >= 11 is 0. The number of fused-ring (bicyclic) bond motifs is 2. The number of oxazole rings is 1. The molecular formula is C32H37N3O4. The van der Waals surface area contributed by atoms with Gasteiger partial charge in [0.05, 0.1) is 12.3 Å². The van der Waals surface area contributed by atoms with Gasteiger partial charge in [0.2, 0.25) is 11.8 Å². The van der Waals surface area contributed by atoms with Gasteiger partial charge in [0.1, 0.15) is 0 Å². The molecule has 6 rings (SSSR count). The van der Waals surface area contributed by atoms with Crippen molar-refractivity contribution < 1.29 is 18.7 Å². The van der Waals surface area contributed by atoms with E-state index in [1.165, 1.54) is 17.5 Å². The predicted molar refractivity (Wildman–Crippen MR) is 149 cm³/mol. The van der Waals surface area contributed by atoms with Crippen LogP contribution >= 0.6 is 0 Å². The van der Waals surface area contributed by atoms with Crippen LogP contribution in [0, 0.1) is 5.92 Å². The first-order chi connectivity index (χ1) is 19.0. The van der Waals surface area contributed by atoms with Gasteiger partial charge in [0.25, 0.3) is 0 Å². The fraction of sp³-hybridized carbons (Fsp3) is 0.469. The van der Waals surface area contributed by atoms with Gasteiger partial charge in [-0.25, -0.2) is 4.98 Å². The van der Waals surface area contributed by atoms with Crippen molar-refractivity contribution in [1.82, 2.24) is 9.88 Å². The molecule has 3 aromatic rings. The summed E-state index contributed by atoms with van der Waals surface area (Å²) in [6.07, 6.45) is 10.5. The minimum absolute atomic E-state index is 0.0147. The molecule has 1 spiro atoms. The lowest BCUT2D eigenvalue weighted by molar-refractivity contribution is -0.139. The van der Waals surface area contributed by atoms with E-state index in [0.717, 1.165) is 69.3 Å². The Bertz CT molecular complexity index is 1300. The molecule has 2 heterocycles. The number of benzene rings is 2. The lowest BCUT2D eigenvalue weighted by Gasteiger charge is -2.42. The Morgan fingerprint density at radius 1 is 1.08 bits per heavy atom. The Hall–Kier alpha value is -3.45. The van der Waals surface area contributed by atoms with Crippen molar-refractivity contribution in [3.63, 3.8) is 0 Å². The van der Waals surface area contributed by atoms with E-state index in [2.05, 4.69) is 39.5 Å². The lowest BCUT2D eigenvalue weighted by atomic mass is 9.73. The minimum Gasteiger partial charge on any atom is -0.444 e. The lowest BCUT2D eigenvalue weighted by Crippen LogP contribution is -2.47. The van der Waals surface area contributed by atoms with Crippen LogP contribution in [0.1, 0.15) is 68.4 Å². The average Bonchev–Trinajstić information content (AvgIpc) is 3.61. The number of carbonyl (C=O) groups is 2. The molecule has 7 nitrogen and oxygen atoms in total. The largest absolute Gasteiger partial charge is 0.444 e. The first-order valence-corrected chi connectivity index (χ1v) is 14.2. The van der Waals surface area contributed by atoms with Gasteiger partial charge in [-0.15, -0.1) is 0 Å². The monoisotopic (exact) mass is 527 g/mol. The summed E-state index contributed by atoms with van der Waals surface area (Å²) in [5.74, 6) is 1.32. The van der Waals surface area contributed by atoms with Gasteiger partial charge < -0.3 is 19.4 Å². The van der Waals surface area contributed by atoms with Gasteiger partial charge >= 0.3 is 0 Å². The molecular weight excluding hydrogens is 490 g/mol. The average molecular weight is 528 g/mol.